The number of benzene rings is 12. The molecule has 12 aromatic rings. The van der Waals surface area contributed by atoms with Gasteiger partial charge in [0.2, 0.25) is 0 Å². The molecule has 0 bridgehead atoms. The lowest BCUT2D eigenvalue weighted by Gasteiger charge is -2.49. The molecule has 4 aliphatic heterocycles. The molecule has 506 valence electrons. The zero-order chi connectivity index (χ0) is 68.7. The fraction of sp³-hybridized carbons (Fsp3) is 0.159. The zero-order valence-corrected chi connectivity index (χ0v) is 60.3. The molecule has 0 aliphatic carbocycles. The van der Waals surface area contributed by atoms with Gasteiger partial charge >= 0.3 is 12.1 Å². The first-order valence-corrected chi connectivity index (χ1v) is 41.2. The Labute approximate surface area is 603 Å². The summed E-state index contributed by atoms with van der Waals surface area (Å²) in [4.78, 5) is 42.7. The third kappa shape index (κ3) is 12.7. The number of ether oxygens (including phenoxy) is 4. The number of amides is 4. The lowest BCUT2D eigenvalue weighted by molar-refractivity contribution is -0.0795. The molecule has 0 spiro atoms. The van der Waals surface area contributed by atoms with Gasteiger partial charge in [0.15, 0.2) is 11.3 Å². The summed E-state index contributed by atoms with van der Waals surface area (Å²) in [6, 6.07) is 114. The van der Waals surface area contributed by atoms with Gasteiger partial charge in [0.1, 0.15) is 23.0 Å². The van der Waals surface area contributed by atoms with Gasteiger partial charge in [-0.05, 0) is 98.4 Å². The molecule has 0 unspecified atom stereocenters. The van der Waals surface area contributed by atoms with E-state index in [2.05, 4.69) is 267 Å². The Balaban J connectivity index is 0.829. The van der Waals surface area contributed by atoms with Crippen LogP contribution in [0.1, 0.15) is 33.4 Å². The first-order chi connectivity index (χ1) is 50.5. The summed E-state index contributed by atoms with van der Waals surface area (Å²) in [6.07, 6.45) is 2.99. The van der Waals surface area contributed by atoms with Crippen molar-refractivity contribution in [2.45, 2.75) is 37.5 Å². The van der Waals surface area contributed by atoms with Gasteiger partial charge in [-0.15, -0.1) is 0 Å². The van der Waals surface area contributed by atoms with E-state index in [1.54, 1.807) is 0 Å². The van der Waals surface area contributed by atoms with Gasteiger partial charge in [0, 0.05) is 58.0 Å². The van der Waals surface area contributed by atoms with Gasteiger partial charge < -0.3 is 18.9 Å². The van der Waals surface area contributed by atoms with E-state index in [4.69, 9.17) is 18.9 Å². The Kier molecular flexibility index (Phi) is 19.8. The highest BCUT2D eigenvalue weighted by Crippen LogP contribution is 2.66. The minimum atomic E-state index is -1.49. The number of carbonyl (C=O) groups is 2. The third-order valence-electron chi connectivity index (χ3n) is 20.1. The van der Waals surface area contributed by atoms with Crippen LogP contribution in [0.5, 0.6) is 23.0 Å². The van der Waals surface area contributed by atoms with Crippen molar-refractivity contribution < 1.29 is 28.5 Å². The van der Waals surface area contributed by atoms with E-state index >= 15 is 9.59 Å². The predicted octanol–water partition coefficient (Wildman–Crippen LogP) is 15.6. The van der Waals surface area contributed by atoms with Crippen LogP contribution in [0.15, 0.2) is 328 Å². The number of carbonyl (C=O) groups excluding carboxylic acids is 2. The normalized spacial score (nSPS) is 16.6. The summed E-state index contributed by atoms with van der Waals surface area (Å²) in [6.45, 7) is 1.99. The summed E-state index contributed by atoms with van der Waals surface area (Å²) in [7, 11) is -3.22. The molecule has 0 saturated carbocycles. The van der Waals surface area contributed by atoms with Gasteiger partial charge in [-0.3, -0.25) is 19.6 Å². The molecule has 4 amide bonds. The van der Waals surface area contributed by atoms with Crippen LogP contribution in [0.4, 0.5) is 9.59 Å². The van der Waals surface area contributed by atoms with E-state index in [9.17, 15) is 0 Å². The lowest BCUT2D eigenvalue weighted by atomic mass is 9.79. The molecule has 2 saturated heterocycles. The van der Waals surface area contributed by atoms with Crippen molar-refractivity contribution >= 4 is 86.2 Å². The van der Waals surface area contributed by atoms with E-state index < -0.39 is 43.0 Å². The molecular formula is C88H78N4O6P4. The van der Waals surface area contributed by atoms with Crippen molar-refractivity contribution in [1.29, 1.82) is 0 Å². The highest BCUT2D eigenvalue weighted by atomic mass is 31.1. The van der Waals surface area contributed by atoms with Crippen LogP contribution in [0.2, 0.25) is 0 Å². The first-order valence-electron chi connectivity index (χ1n) is 35.1. The van der Waals surface area contributed by atoms with E-state index in [1.165, 1.54) is 42.4 Å². The molecule has 0 radical (unpaired) electrons. The number of urea groups is 2. The predicted molar refractivity (Wildman–Crippen MR) is 420 cm³/mol. The van der Waals surface area contributed by atoms with Crippen molar-refractivity contribution in [3.63, 3.8) is 0 Å². The molecule has 102 heavy (non-hydrogen) atoms. The van der Waals surface area contributed by atoms with Crippen molar-refractivity contribution in [3.8, 4) is 23.0 Å². The van der Waals surface area contributed by atoms with Crippen LogP contribution in [-0.4, -0.2) is 82.7 Å². The monoisotopic (exact) mass is 1410 g/mol. The topological polar surface area (TPSA) is 84.0 Å². The second-order valence-corrected chi connectivity index (χ2v) is 35.1. The molecule has 0 atom stereocenters. The van der Waals surface area contributed by atoms with Gasteiger partial charge in [-0.1, -0.05) is 303 Å². The summed E-state index contributed by atoms with van der Waals surface area (Å²) < 4.78 is 29.0. The van der Waals surface area contributed by atoms with Crippen LogP contribution < -0.4 is 61.4 Å². The number of hydrogen-bond acceptors (Lipinski definition) is 6. The summed E-state index contributed by atoms with van der Waals surface area (Å²) in [5.74, 6) is 2.61. The largest absolute Gasteiger partial charge is 0.493 e. The van der Waals surface area contributed by atoms with Crippen LogP contribution in [0.3, 0.4) is 0 Å². The quantitative estimate of drug-likeness (QED) is 0.0502. The minimum Gasteiger partial charge on any atom is -0.493 e. The molecular weight excluding hydrogens is 1330 g/mol. The maximum atomic E-state index is 17.3. The first kappa shape index (κ1) is 66.6. The summed E-state index contributed by atoms with van der Waals surface area (Å²) >= 11 is 0. The fourth-order valence-corrected chi connectivity index (χ4v) is 24.2. The Bertz CT molecular complexity index is 4100. The summed E-state index contributed by atoms with van der Waals surface area (Å²) in [5.41, 5.74) is 1.85. The van der Waals surface area contributed by atoms with E-state index in [0.29, 0.717) is 49.4 Å². The molecule has 0 aromatic heterocycles. The molecule has 14 heteroatoms. The van der Waals surface area contributed by atoms with Crippen molar-refractivity contribution in [1.82, 2.24) is 19.6 Å². The highest BCUT2D eigenvalue weighted by molar-refractivity contribution is 7.74. The Morgan fingerprint density at radius 2 is 0.402 bits per heavy atom. The van der Waals surface area contributed by atoms with Gasteiger partial charge in [0.25, 0.3) is 0 Å². The maximum Gasteiger partial charge on any atom is 0.325 e. The number of hydrogen-bond donors (Lipinski definition) is 0. The Hall–Kier alpha value is -9.90. The van der Waals surface area contributed by atoms with Gasteiger partial charge in [0.05, 0.1) is 52.6 Å². The fourth-order valence-electron chi connectivity index (χ4n) is 15.6. The standard InChI is InChI=1S/C88H78N4O6P4/c93-85-89-63-77-78(82(96-56-60-100(71-39-19-5-20-40-71)72-41-21-6-22-42-72)52-51-81(77)95-55-59-99(69-35-15-3-16-36-69)70-37-17-4-18-38-70)64-90-86(94)92-66-80-79(65-91(85)88(92,68-33-13-2-14-34-68)87(89,90)67-31-11-1-12-32-67)83(97-57-61-101(73-43-23-7-24-44-73)74-45-25-8-26-46-74)53-54-84(80)98-58-62-102(75-47-27-9-28-48-75)76-49-29-10-30-50-76/h1-54H,55-66H2. The van der Waals surface area contributed by atoms with E-state index in [0.717, 1.165) is 58.0 Å². The van der Waals surface area contributed by atoms with Crippen LogP contribution in [0.25, 0.3) is 0 Å². The molecule has 0 N–H and O–H groups in total. The molecule has 10 nitrogen and oxygen atoms in total. The van der Waals surface area contributed by atoms with Gasteiger partial charge in [-0.25, -0.2) is 9.59 Å². The molecule has 4 aliphatic rings. The molecule has 2 fully saturated rings. The Morgan fingerprint density at radius 1 is 0.235 bits per heavy atom. The zero-order valence-electron chi connectivity index (χ0n) is 56.7. The van der Waals surface area contributed by atoms with E-state index in [-0.39, 0.29) is 38.2 Å². The number of fused-ring (bicyclic) bond motifs is 2. The third-order valence-corrected chi connectivity index (χ3v) is 30.0. The van der Waals surface area contributed by atoms with Crippen LogP contribution in [-0.2, 0) is 37.5 Å². The second-order valence-electron chi connectivity index (χ2n) is 25.7. The Morgan fingerprint density at radius 3 is 0.578 bits per heavy atom. The second kappa shape index (κ2) is 30.4. The van der Waals surface area contributed by atoms with Crippen molar-refractivity contribution in [2.24, 2.45) is 0 Å². The van der Waals surface area contributed by atoms with Crippen molar-refractivity contribution in [2.75, 3.05) is 51.1 Å². The van der Waals surface area contributed by atoms with E-state index in [1.807, 2.05) is 80.3 Å². The van der Waals surface area contributed by atoms with Crippen LogP contribution in [0, 0.1) is 0 Å². The smallest absolute Gasteiger partial charge is 0.325 e. The molecule has 16 rings (SSSR count). The average Bonchev–Trinajstić information content (AvgIpc) is 1.47. The SMILES string of the molecule is O=C1N2Cc3c(OCCP(c4ccccc4)c4ccccc4)ccc(OCCP(c4ccccc4)c4ccccc4)c3CN3C(=O)N4Cc5c(OCCP(c6ccccc6)c6ccccc6)ccc(OCCP(c6ccccc6)c6ccccc6)c5CN1C4(c1ccccc1)C23c1ccccc1. The molecule has 4 heterocycles. The number of rotatable bonds is 26. The maximum absolute atomic E-state index is 17.3. The van der Waals surface area contributed by atoms with Gasteiger partial charge in [-0.2, -0.15) is 0 Å². The summed E-state index contributed by atoms with van der Waals surface area (Å²) in [5, 5.41) is 10.1. The average molecular weight is 1410 g/mol. The minimum absolute atomic E-state index is 0.0961. The number of nitrogens with zero attached hydrogens (tertiary/aromatic N) is 4. The van der Waals surface area contributed by atoms with Crippen molar-refractivity contribution in [3.05, 3.63) is 361 Å². The molecule has 12 aromatic carbocycles. The van der Waals surface area contributed by atoms with Crippen LogP contribution >= 0.6 is 31.7 Å². The highest BCUT2D eigenvalue weighted by Gasteiger charge is 2.81. The lowest BCUT2D eigenvalue weighted by Crippen LogP contribution is -2.62.